The summed E-state index contributed by atoms with van der Waals surface area (Å²) >= 11 is 3.08. The van der Waals surface area contributed by atoms with Crippen LogP contribution in [0.3, 0.4) is 0 Å². The summed E-state index contributed by atoms with van der Waals surface area (Å²) in [6, 6.07) is 3.93. The SMILES string of the molecule is C=CCn1c(C)cc(C(=O)CSc2ncnc3ccsc23)c1C. The maximum absolute atomic E-state index is 12.6. The van der Waals surface area contributed by atoms with Crippen molar-refractivity contribution >= 4 is 39.1 Å². The molecule has 0 spiro atoms. The molecule has 0 N–H and O–H groups in total. The Morgan fingerprint density at radius 2 is 2.26 bits per heavy atom. The van der Waals surface area contributed by atoms with Crippen LogP contribution in [0.4, 0.5) is 0 Å². The quantitative estimate of drug-likeness (QED) is 0.290. The second kappa shape index (κ2) is 6.68. The van der Waals surface area contributed by atoms with Crippen molar-refractivity contribution < 1.29 is 4.79 Å². The van der Waals surface area contributed by atoms with E-state index in [2.05, 4.69) is 21.1 Å². The van der Waals surface area contributed by atoms with Gasteiger partial charge in [-0.3, -0.25) is 4.79 Å². The fourth-order valence-electron chi connectivity index (χ4n) is 2.57. The van der Waals surface area contributed by atoms with Crippen molar-refractivity contribution in [2.75, 3.05) is 5.75 Å². The molecule has 3 aromatic rings. The van der Waals surface area contributed by atoms with E-state index in [4.69, 9.17) is 0 Å². The van der Waals surface area contributed by atoms with E-state index < -0.39 is 0 Å². The second-order valence-corrected chi connectivity index (χ2v) is 7.09. The van der Waals surface area contributed by atoms with Crippen LogP contribution < -0.4 is 0 Å². The van der Waals surface area contributed by atoms with Crippen molar-refractivity contribution in [1.29, 1.82) is 0 Å². The first-order valence-electron chi connectivity index (χ1n) is 7.23. The van der Waals surface area contributed by atoms with Crippen LogP contribution in [0.1, 0.15) is 21.7 Å². The van der Waals surface area contributed by atoms with Crippen LogP contribution in [-0.4, -0.2) is 26.1 Å². The second-order valence-electron chi connectivity index (χ2n) is 5.21. The molecule has 6 heteroatoms. The topological polar surface area (TPSA) is 47.8 Å². The van der Waals surface area contributed by atoms with Gasteiger partial charge in [-0.25, -0.2) is 9.97 Å². The summed E-state index contributed by atoms with van der Waals surface area (Å²) in [7, 11) is 0. The number of ketones is 1. The van der Waals surface area contributed by atoms with Crippen molar-refractivity contribution in [3.05, 3.63) is 53.4 Å². The molecule has 0 aliphatic carbocycles. The number of aromatic nitrogens is 3. The molecule has 4 nitrogen and oxygen atoms in total. The average molecular weight is 343 g/mol. The third kappa shape index (κ3) is 3.09. The van der Waals surface area contributed by atoms with Gasteiger partial charge in [-0.15, -0.1) is 17.9 Å². The number of allylic oxidation sites excluding steroid dienone is 1. The Kier molecular flexibility index (Phi) is 4.63. The summed E-state index contributed by atoms with van der Waals surface area (Å²) in [6.45, 7) is 8.49. The molecule has 0 amide bonds. The number of thiophene rings is 1. The van der Waals surface area contributed by atoms with Crippen LogP contribution in [-0.2, 0) is 6.54 Å². The summed E-state index contributed by atoms with van der Waals surface area (Å²) in [4.78, 5) is 21.1. The third-order valence-electron chi connectivity index (χ3n) is 3.74. The number of hydrogen-bond acceptors (Lipinski definition) is 5. The normalized spacial score (nSPS) is 11.0. The molecule has 0 aliphatic rings. The average Bonchev–Trinajstić information content (AvgIpc) is 3.13. The number of fused-ring (bicyclic) bond motifs is 1. The van der Waals surface area contributed by atoms with Gasteiger partial charge in [0.15, 0.2) is 5.78 Å². The Hall–Kier alpha value is -1.92. The van der Waals surface area contributed by atoms with Gasteiger partial charge in [0.05, 0.1) is 16.0 Å². The first kappa shape index (κ1) is 16.0. The molecule has 0 unspecified atom stereocenters. The molecule has 0 saturated heterocycles. The van der Waals surface area contributed by atoms with Gasteiger partial charge in [-0.05, 0) is 31.4 Å². The number of nitrogens with zero attached hydrogens (tertiary/aromatic N) is 3. The summed E-state index contributed by atoms with van der Waals surface area (Å²) in [5, 5.41) is 2.87. The Bertz CT molecular complexity index is 879. The highest BCUT2D eigenvalue weighted by atomic mass is 32.2. The van der Waals surface area contributed by atoms with Gasteiger partial charge in [0.25, 0.3) is 0 Å². The van der Waals surface area contributed by atoms with E-state index in [-0.39, 0.29) is 5.78 Å². The monoisotopic (exact) mass is 343 g/mol. The smallest absolute Gasteiger partial charge is 0.174 e. The van der Waals surface area contributed by atoms with E-state index >= 15 is 0 Å². The highest BCUT2D eigenvalue weighted by Gasteiger charge is 2.16. The van der Waals surface area contributed by atoms with Crippen LogP contribution in [0.15, 0.2) is 41.5 Å². The van der Waals surface area contributed by atoms with E-state index in [0.717, 1.165) is 38.7 Å². The molecule has 0 bridgehead atoms. The molecular formula is C17H17N3OS2. The molecule has 3 heterocycles. The number of rotatable bonds is 6. The van der Waals surface area contributed by atoms with Crippen LogP contribution >= 0.6 is 23.1 Å². The maximum atomic E-state index is 12.6. The first-order chi connectivity index (χ1) is 11.1. The fraction of sp³-hybridized carbons (Fsp3) is 0.235. The van der Waals surface area contributed by atoms with Gasteiger partial charge >= 0.3 is 0 Å². The van der Waals surface area contributed by atoms with Crippen LogP contribution in [0.25, 0.3) is 10.2 Å². The lowest BCUT2D eigenvalue weighted by Crippen LogP contribution is -2.06. The molecule has 0 aliphatic heterocycles. The molecule has 0 radical (unpaired) electrons. The number of carbonyl (C=O) groups excluding carboxylic acids is 1. The van der Waals surface area contributed by atoms with E-state index in [0.29, 0.717) is 5.75 Å². The summed E-state index contributed by atoms with van der Waals surface area (Å²) in [5.41, 5.74) is 3.80. The lowest BCUT2D eigenvalue weighted by molar-refractivity contribution is 0.102. The van der Waals surface area contributed by atoms with E-state index in [1.807, 2.05) is 37.4 Å². The Morgan fingerprint density at radius 3 is 3.04 bits per heavy atom. The zero-order valence-electron chi connectivity index (χ0n) is 13.1. The Morgan fingerprint density at radius 1 is 1.43 bits per heavy atom. The molecule has 118 valence electrons. The highest BCUT2D eigenvalue weighted by molar-refractivity contribution is 8.00. The van der Waals surface area contributed by atoms with Crippen LogP contribution in [0.5, 0.6) is 0 Å². The lowest BCUT2D eigenvalue weighted by atomic mass is 10.2. The van der Waals surface area contributed by atoms with Crippen LogP contribution in [0, 0.1) is 13.8 Å². The predicted octanol–water partition coefficient (Wildman–Crippen LogP) is 4.27. The van der Waals surface area contributed by atoms with Gasteiger partial charge in [0.1, 0.15) is 11.4 Å². The number of thioether (sulfide) groups is 1. The molecule has 3 aromatic heterocycles. The Balaban J connectivity index is 1.79. The maximum Gasteiger partial charge on any atom is 0.174 e. The number of carbonyl (C=O) groups is 1. The van der Waals surface area contributed by atoms with Gasteiger partial charge in [-0.1, -0.05) is 17.8 Å². The number of hydrogen-bond donors (Lipinski definition) is 0. The Labute approximate surface area is 143 Å². The van der Waals surface area contributed by atoms with Crippen molar-refractivity contribution in [1.82, 2.24) is 14.5 Å². The highest BCUT2D eigenvalue weighted by Crippen LogP contribution is 2.29. The van der Waals surface area contributed by atoms with Crippen molar-refractivity contribution in [2.45, 2.75) is 25.4 Å². The van der Waals surface area contributed by atoms with Crippen molar-refractivity contribution in [3.8, 4) is 0 Å². The molecule has 3 rings (SSSR count). The fourth-order valence-corrected chi connectivity index (χ4v) is 4.40. The predicted molar refractivity (Wildman–Crippen MR) is 96.6 cm³/mol. The molecular weight excluding hydrogens is 326 g/mol. The molecule has 0 atom stereocenters. The molecule has 0 saturated carbocycles. The zero-order chi connectivity index (χ0) is 16.4. The number of aryl methyl sites for hydroxylation is 1. The summed E-state index contributed by atoms with van der Waals surface area (Å²) in [6.07, 6.45) is 3.40. The first-order valence-corrected chi connectivity index (χ1v) is 9.10. The standard InChI is InChI=1S/C17H17N3OS2/c1-4-6-20-11(2)8-13(12(20)3)15(21)9-23-17-16-14(5-7-22-16)18-10-19-17/h4-5,7-8,10H,1,6,9H2,2-3H3. The van der Waals surface area contributed by atoms with Gasteiger partial charge in [0, 0.05) is 23.5 Å². The summed E-state index contributed by atoms with van der Waals surface area (Å²) in [5.74, 6) is 0.504. The van der Waals surface area contributed by atoms with Gasteiger partial charge in [-0.2, -0.15) is 0 Å². The molecule has 23 heavy (non-hydrogen) atoms. The minimum absolute atomic E-state index is 0.127. The minimum Gasteiger partial charge on any atom is -0.345 e. The van der Waals surface area contributed by atoms with E-state index in [9.17, 15) is 4.79 Å². The van der Waals surface area contributed by atoms with Crippen LogP contribution in [0.2, 0.25) is 0 Å². The third-order valence-corrected chi connectivity index (χ3v) is 5.77. The largest absolute Gasteiger partial charge is 0.345 e. The zero-order valence-corrected chi connectivity index (χ0v) is 14.7. The molecule has 0 aromatic carbocycles. The van der Waals surface area contributed by atoms with Gasteiger partial charge in [0.2, 0.25) is 0 Å². The minimum atomic E-state index is 0.127. The molecule has 0 fully saturated rings. The van der Waals surface area contributed by atoms with Crippen molar-refractivity contribution in [2.24, 2.45) is 0 Å². The summed E-state index contributed by atoms with van der Waals surface area (Å²) < 4.78 is 3.15. The van der Waals surface area contributed by atoms with E-state index in [1.54, 1.807) is 17.7 Å². The number of Topliss-reactive ketones (excluding diaryl/α,β-unsaturated/α-hetero) is 1. The van der Waals surface area contributed by atoms with Crippen molar-refractivity contribution in [3.63, 3.8) is 0 Å². The van der Waals surface area contributed by atoms with Gasteiger partial charge < -0.3 is 4.57 Å². The van der Waals surface area contributed by atoms with E-state index in [1.165, 1.54) is 11.8 Å². The lowest BCUT2D eigenvalue weighted by Gasteiger charge is -2.06.